The lowest BCUT2D eigenvalue weighted by Gasteiger charge is -2.45. The molecule has 6 nitrogen and oxygen atoms in total. The van der Waals surface area contributed by atoms with E-state index in [0.29, 0.717) is 0 Å². The minimum absolute atomic E-state index is 0.661. The zero-order chi connectivity index (χ0) is 56.2. The van der Waals surface area contributed by atoms with Gasteiger partial charge in [0.05, 0.1) is 33.0 Å². The number of hydrogen-bond acceptors (Lipinski definition) is 5. The molecule has 0 aliphatic carbocycles. The van der Waals surface area contributed by atoms with Gasteiger partial charge in [-0.3, -0.25) is 0 Å². The molecule has 0 radical (unpaired) electrons. The number of hydrogen-bond donors (Lipinski definition) is 0. The highest BCUT2D eigenvalue weighted by Crippen LogP contribution is 2.65. The third kappa shape index (κ3) is 6.39. The van der Waals surface area contributed by atoms with Crippen molar-refractivity contribution in [1.29, 1.82) is 0 Å². The van der Waals surface area contributed by atoms with Crippen molar-refractivity contribution in [2.24, 2.45) is 0 Å². The van der Waals surface area contributed by atoms with Crippen LogP contribution in [0.1, 0.15) is 44.5 Å². The first kappa shape index (κ1) is 47.2. The van der Waals surface area contributed by atoms with Gasteiger partial charge in [0, 0.05) is 55.0 Å². The van der Waals surface area contributed by atoms with Crippen molar-refractivity contribution in [1.82, 2.24) is 4.57 Å². The number of rotatable bonds is 6. The van der Waals surface area contributed by atoms with Gasteiger partial charge >= 0.3 is 0 Å². The maximum atomic E-state index is 7.10. The second-order valence-corrected chi connectivity index (χ2v) is 22.9. The highest BCUT2D eigenvalue weighted by atomic mass is 16.5. The van der Waals surface area contributed by atoms with E-state index in [9.17, 15) is 0 Å². The Labute approximate surface area is 494 Å². The highest BCUT2D eigenvalue weighted by molar-refractivity contribution is 6.12. The summed E-state index contributed by atoms with van der Waals surface area (Å²) < 4.78 is 36.7. The van der Waals surface area contributed by atoms with Crippen molar-refractivity contribution in [2.45, 2.75) is 10.8 Å². The highest BCUT2D eigenvalue weighted by Gasteiger charge is 2.53. The molecule has 4 aliphatic heterocycles. The van der Waals surface area contributed by atoms with Gasteiger partial charge in [-0.05, 0) is 124 Å². The molecule has 13 aromatic carbocycles. The molecule has 6 heterocycles. The second kappa shape index (κ2) is 17.6. The summed E-state index contributed by atoms with van der Waals surface area (Å²) in [7, 11) is 0. The number of nitrogens with zero attached hydrogens (tertiary/aromatic N) is 1. The molecule has 2 unspecified atom stereocenters. The first-order chi connectivity index (χ1) is 42.6. The van der Waals surface area contributed by atoms with Crippen molar-refractivity contribution < 1.29 is 23.4 Å². The Bertz CT molecular complexity index is 5370. The van der Waals surface area contributed by atoms with Gasteiger partial charge in [-0.25, -0.2) is 0 Å². The van der Waals surface area contributed by atoms with Crippen LogP contribution < -0.4 is 18.9 Å². The molecule has 0 saturated carbocycles. The molecule has 0 N–H and O–H groups in total. The van der Waals surface area contributed by atoms with E-state index in [0.717, 1.165) is 173 Å². The Hall–Kier alpha value is -11.3. The molecule has 0 amide bonds. The lowest BCUT2D eigenvalue weighted by atomic mass is 9.62. The van der Waals surface area contributed by atoms with E-state index in [2.05, 4.69) is 259 Å². The fraction of sp³-hybridized carbons (Fsp3) is 0.0250. The van der Waals surface area contributed by atoms with E-state index < -0.39 is 10.8 Å². The molecule has 15 aromatic rings. The van der Waals surface area contributed by atoms with Gasteiger partial charge in [0.25, 0.3) is 0 Å². The van der Waals surface area contributed by atoms with Gasteiger partial charge in [-0.1, -0.05) is 200 Å². The van der Waals surface area contributed by atoms with Crippen molar-refractivity contribution in [3.63, 3.8) is 0 Å². The van der Waals surface area contributed by atoms with Gasteiger partial charge in [-0.15, -0.1) is 0 Å². The average Bonchev–Trinajstić information content (AvgIpc) is 1.01. The van der Waals surface area contributed by atoms with Crippen LogP contribution in [0.3, 0.4) is 0 Å². The number of benzene rings is 13. The molecular weight excluding hydrogens is 1050 g/mol. The Morgan fingerprint density at radius 1 is 0.267 bits per heavy atom. The van der Waals surface area contributed by atoms with E-state index in [1.807, 2.05) is 30.3 Å². The molecular formula is C80H47NO5. The molecule has 0 bridgehead atoms. The van der Waals surface area contributed by atoms with Crippen LogP contribution in [0.5, 0.6) is 46.0 Å². The van der Waals surface area contributed by atoms with E-state index in [4.69, 9.17) is 23.4 Å². The normalized spacial score (nSPS) is 16.4. The number of fused-ring (bicyclic) bond motifs is 14. The Morgan fingerprint density at radius 3 is 1.36 bits per heavy atom. The first-order valence-corrected chi connectivity index (χ1v) is 29.3. The van der Waals surface area contributed by atoms with E-state index in [1.165, 1.54) is 0 Å². The molecule has 4 aliphatic rings. The predicted octanol–water partition coefficient (Wildman–Crippen LogP) is 20.9. The summed E-state index contributed by atoms with van der Waals surface area (Å²) in [4.78, 5) is 0. The van der Waals surface area contributed by atoms with Crippen LogP contribution in [0, 0.1) is 0 Å². The summed E-state index contributed by atoms with van der Waals surface area (Å²) in [5.41, 5.74) is 18.5. The van der Waals surface area contributed by atoms with Crippen molar-refractivity contribution in [3.05, 3.63) is 330 Å². The van der Waals surface area contributed by atoms with Gasteiger partial charge in [0.1, 0.15) is 57.2 Å². The fourth-order valence-electron chi connectivity index (χ4n) is 15.0. The summed E-state index contributed by atoms with van der Waals surface area (Å²) in [6, 6.07) is 102. The molecule has 86 heavy (non-hydrogen) atoms. The topological polar surface area (TPSA) is 55.0 Å². The van der Waals surface area contributed by atoms with Crippen molar-refractivity contribution in [3.8, 4) is 85.1 Å². The Morgan fingerprint density at radius 2 is 0.721 bits per heavy atom. The molecule has 0 fully saturated rings. The zero-order valence-corrected chi connectivity index (χ0v) is 46.1. The smallest absolute Gasteiger partial charge is 0.143 e. The van der Waals surface area contributed by atoms with Gasteiger partial charge < -0.3 is 27.9 Å². The number of furan rings is 1. The molecule has 6 heteroatoms. The van der Waals surface area contributed by atoms with Gasteiger partial charge in [-0.2, -0.15) is 0 Å². The fourth-order valence-corrected chi connectivity index (χ4v) is 15.0. The third-order valence-corrected chi connectivity index (χ3v) is 18.6. The second-order valence-electron chi connectivity index (χ2n) is 22.9. The molecule has 0 spiro atoms. The van der Waals surface area contributed by atoms with Crippen LogP contribution in [-0.4, -0.2) is 4.57 Å². The zero-order valence-electron chi connectivity index (χ0n) is 46.1. The largest absolute Gasteiger partial charge is 0.457 e. The van der Waals surface area contributed by atoms with Gasteiger partial charge in [0.15, 0.2) is 0 Å². The summed E-state index contributed by atoms with van der Waals surface area (Å²) in [6.07, 6.45) is 0. The van der Waals surface area contributed by atoms with Gasteiger partial charge in [0.2, 0.25) is 0 Å². The van der Waals surface area contributed by atoms with Crippen LogP contribution in [0.2, 0.25) is 0 Å². The van der Waals surface area contributed by atoms with Crippen LogP contribution in [0.4, 0.5) is 0 Å². The Kier molecular flexibility index (Phi) is 9.65. The molecule has 2 atom stereocenters. The predicted molar refractivity (Wildman–Crippen MR) is 341 cm³/mol. The third-order valence-electron chi connectivity index (χ3n) is 18.6. The van der Waals surface area contributed by atoms with Crippen molar-refractivity contribution >= 4 is 43.7 Å². The maximum Gasteiger partial charge on any atom is 0.143 e. The number of para-hydroxylation sites is 4. The van der Waals surface area contributed by atoms with Crippen LogP contribution in [-0.2, 0) is 10.8 Å². The lowest BCUT2D eigenvalue weighted by Crippen LogP contribution is -2.37. The minimum Gasteiger partial charge on any atom is -0.457 e. The maximum absolute atomic E-state index is 7.10. The standard InChI is InChI=1S/C80H47NO5/c1-4-17-53(18-5-1)79-61-26-11-13-28-68(61)82-69-29-15-30-70(76(69)79)83-74-46-51(35-40-62(74)79)49-33-38-57-60-43-48(37-42-65(60)81(66(57)44-49)55-21-8-3-9-22-55)50-34-39-63-73(45-50)84-71-31-16-32-72-77(71)80(63,54-19-6-2-7-20-54)64-41-36-52(47-75(64)85-72)56-24-14-25-59-58-23-10-12-27-67(58)86-78(56)59/h1-47H. The van der Waals surface area contributed by atoms with Crippen LogP contribution in [0.25, 0.3) is 82.8 Å². The monoisotopic (exact) mass is 1100 g/mol. The van der Waals surface area contributed by atoms with E-state index >= 15 is 0 Å². The van der Waals surface area contributed by atoms with Crippen molar-refractivity contribution in [2.75, 3.05) is 0 Å². The molecule has 19 rings (SSSR count). The molecule has 2 aromatic heterocycles. The average molecular weight is 1100 g/mol. The molecule has 0 saturated heterocycles. The quantitative estimate of drug-likeness (QED) is 0.166. The van der Waals surface area contributed by atoms with E-state index in [1.54, 1.807) is 0 Å². The lowest BCUT2D eigenvalue weighted by molar-refractivity contribution is 0.385. The summed E-state index contributed by atoms with van der Waals surface area (Å²) in [5.74, 6) is 6.37. The van der Waals surface area contributed by atoms with Crippen LogP contribution in [0.15, 0.2) is 290 Å². The summed E-state index contributed by atoms with van der Waals surface area (Å²) >= 11 is 0. The molecule has 402 valence electrons. The number of ether oxygens (including phenoxy) is 4. The summed E-state index contributed by atoms with van der Waals surface area (Å²) in [5, 5.41) is 4.49. The summed E-state index contributed by atoms with van der Waals surface area (Å²) in [6.45, 7) is 0. The SMILES string of the molecule is c1ccc(-n2c3ccc(-c4ccc5c(c4)Oc4cccc6c4C5(c4ccccc4)c4ccc(-c5cccc7c5oc5ccccc57)cc4O6)cc3c3ccc(-c4ccc5c(c4)Oc4cccc6c4C5(c4ccccc4)c4ccccc4O6)cc32)cc1. The number of aromatic nitrogens is 1. The Balaban J connectivity index is 0.748. The minimum atomic E-state index is -0.765. The van der Waals surface area contributed by atoms with Crippen LogP contribution >= 0.6 is 0 Å². The first-order valence-electron chi connectivity index (χ1n) is 29.3. The van der Waals surface area contributed by atoms with E-state index in [-0.39, 0.29) is 0 Å².